The van der Waals surface area contributed by atoms with Crippen LogP contribution < -0.4 is 5.73 Å². The summed E-state index contributed by atoms with van der Waals surface area (Å²) < 4.78 is 31.3. The molecule has 0 aromatic carbocycles. The van der Waals surface area contributed by atoms with E-state index >= 15 is 0 Å². The highest BCUT2D eigenvalue weighted by molar-refractivity contribution is 8.01. The monoisotopic (exact) mass is 422 g/mol. The van der Waals surface area contributed by atoms with Gasteiger partial charge in [0.1, 0.15) is 17.1 Å². The van der Waals surface area contributed by atoms with Gasteiger partial charge in [0, 0.05) is 11.0 Å². The fraction of sp³-hybridized carbons (Fsp3) is 0.545. The van der Waals surface area contributed by atoms with Gasteiger partial charge < -0.3 is 10.8 Å². The Morgan fingerprint density at radius 2 is 2.27 bits per heavy atom. The van der Waals surface area contributed by atoms with Gasteiger partial charge in [-0.2, -0.15) is 13.6 Å². The molecule has 3 atom stereocenters. The molecule has 0 saturated carbocycles. The number of carboxylic acid groups (broad SMARTS) is 1. The van der Waals surface area contributed by atoms with Crippen LogP contribution in [0, 0.1) is 0 Å². The number of carboxylic acids is 1. The van der Waals surface area contributed by atoms with Gasteiger partial charge in [0.05, 0.1) is 5.75 Å². The van der Waals surface area contributed by atoms with Gasteiger partial charge in [-0.25, -0.2) is 4.79 Å². The van der Waals surface area contributed by atoms with Crippen molar-refractivity contribution in [2.75, 3.05) is 11.5 Å². The largest absolute Gasteiger partial charge is 0.477 e. The third-order valence-corrected chi connectivity index (χ3v) is 7.11. The van der Waals surface area contributed by atoms with Crippen molar-refractivity contribution in [3.8, 4) is 0 Å². The first-order chi connectivity index (χ1) is 12.2. The summed E-state index contributed by atoms with van der Waals surface area (Å²) in [6.07, 6.45) is -0.0938. The number of rotatable bonds is 7. The normalized spacial score (nSPS) is 24.2. The van der Waals surface area contributed by atoms with Gasteiger partial charge in [0.15, 0.2) is 0 Å². The molecular weight excluding hydrogens is 408 g/mol. The highest BCUT2D eigenvalue weighted by atomic mass is 32.2. The third-order valence-electron chi connectivity index (χ3n) is 3.84. The molecule has 0 spiro atoms. The molecule has 5 N–H and O–H groups in total. The van der Waals surface area contributed by atoms with Crippen molar-refractivity contribution in [2.45, 2.75) is 28.2 Å². The minimum Gasteiger partial charge on any atom is -0.477 e. The molecule has 12 nitrogen and oxygen atoms in total. The SMILES string of the molecule is NC1C(=O)N2C(C(=O)O)=C(C(CCS(=O)(=O)O)Sc3nn[nH]n3)CS[C@@H]12. The van der Waals surface area contributed by atoms with E-state index in [1.54, 1.807) is 0 Å². The average Bonchev–Trinajstić information content (AvgIpc) is 3.08. The molecule has 1 saturated heterocycles. The summed E-state index contributed by atoms with van der Waals surface area (Å²) in [5, 5.41) is 21.8. The number of nitrogens with two attached hydrogens (primary N) is 1. The molecule has 3 rings (SSSR count). The summed E-state index contributed by atoms with van der Waals surface area (Å²) in [5.41, 5.74) is 5.84. The van der Waals surface area contributed by atoms with Gasteiger partial charge >= 0.3 is 5.97 Å². The van der Waals surface area contributed by atoms with Crippen molar-refractivity contribution < 1.29 is 27.7 Å². The number of amides is 1. The van der Waals surface area contributed by atoms with Crippen molar-refractivity contribution in [2.24, 2.45) is 5.73 Å². The molecule has 1 aromatic rings. The summed E-state index contributed by atoms with van der Waals surface area (Å²) in [6.45, 7) is 0. The summed E-state index contributed by atoms with van der Waals surface area (Å²) in [6, 6.07) is -0.767. The molecule has 1 fully saturated rings. The van der Waals surface area contributed by atoms with Gasteiger partial charge in [-0.05, 0) is 17.2 Å². The molecule has 0 bridgehead atoms. The molecule has 1 aromatic heterocycles. The van der Waals surface area contributed by atoms with Crippen LogP contribution >= 0.6 is 23.5 Å². The van der Waals surface area contributed by atoms with Crippen molar-refractivity contribution in [1.82, 2.24) is 25.5 Å². The zero-order valence-corrected chi connectivity index (χ0v) is 15.4. The summed E-state index contributed by atoms with van der Waals surface area (Å²) in [4.78, 5) is 24.9. The summed E-state index contributed by atoms with van der Waals surface area (Å²) in [5.74, 6) is -2.16. The number of thioether (sulfide) groups is 2. The number of hydrogen-bond donors (Lipinski definition) is 4. The number of tetrazole rings is 1. The smallest absolute Gasteiger partial charge is 0.352 e. The lowest BCUT2D eigenvalue weighted by Gasteiger charge is -2.48. The van der Waals surface area contributed by atoms with Crippen molar-refractivity contribution >= 4 is 45.5 Å². The zero-order valence-electron chi connectivity index (χ0n) is 13.0. The summed E-state index contributed by atoms with van der Waals surface area (Å²) in [7, 11) is -4.26. The van der Waals surface area contributed by atoms with E-state index in [-0.39, 0.29) is 23.0 Å². The van der Waals surface area contributed by atoms with Gasteiger partial charge in [0.2, 0.25) is 11.1 Å². The first kappa shape index (κ1) is 19.1. The second kappa shape index (κ2) is 7.15. The molecule has 15 heteroatoms. The number of β-lactam (4-membered cyclic amide) rings is 1. The van der Waals surface area contributed by atoms with Gasteiger partial charge in [-0.1, -0.05) is 11.8 Å². The first-order valence-corrected chi connectivity index (χ1v) is 10.7. The number of carbonyl (C=O) groups excluding carboxylic acids is 1. The maximum absolute atomic E-state index is 12.0. The molecule has 2 aliphatic rings. The van der Waals surface area contributed by atoms with E-state index in [2.05, 4.69) is 20.6 Å². The quantitative estimate of drug-likeness (QED) is 0.226. The Labute approximate surface area is 155 Å². The fourth-order valence-electron chi connectivity index (χ4n) is 2.68. The minimum absolute atomic E-state index is 0.0938. The van der Waals surface area contributed by atoms with Crippen molar-refractivity contribution in [3.63, 3.8) is 0 Å². The van der Waals surface area contributed by atoms with E-state index in [1.165, 1.54) is 11.8 Å². The zero-order chi connectivity index (χ0) is 19.1. The van der Waals surface area contributed by atoms with Crippen LogP contribution in [0.3, 0.4) is 0 Å². The standard InChI is InChI=1S/C11H14N6O6S3/c12-6-8(18)17-7(10(19)20)4(3-24-9(6)17)5(1-2-26(21,22)23)25-11-13-15-16-14-11/h5-6,9H,1-3,12H2,(H,19,20)(H,21,22,23)(H,13,14,15,16)/t5?,6?,9-/m0/s1. The van der Waals surface area contributed by atoms with Gasteiger partial charge in [-0.15, -0.1) is 22.0 Å². The van der Waals surface area contributed by atoms with Crippen molar-refractivity contribution in [3.05, 3.63) is 11.3 Å². The molecule has 0 radical (unpaired) electrons. The fourth-order valence-corrected chi connectivity index (χ4v) is 5.84. The third kappa shape index (κ3) is 3.71. The van der Waals surface area contributed by atoms with E-state index in [0.29, 0.717) is 5.57 Å². The topological polar surface area (TPSA) is 192 Å². The van der Waals surface area contributed by atoms with Crippen LogP contribution in [0.1, 0.15) is 6.42 Å². The number of fused-ring (bicyclic) bond motifs is 1. The molecule has 142 valence electrons. The predicted octanol–water partition coefficient (Wildman–Crippen LogP) is -1.48. The average molecular weight is 422 g/mol. The molecule has 3 heterocycles. The van der Waals surface area contributed by atoms with E-state index < -0.39 is 44.4 Å². The van der Waals surface area contributed by atoms with Crippen LogP contribution in [-0.2, 0) is 19.7 Å². The first-order valence-electron chi connectivity index (χ1n) is 7.21. The van der Waals surface area contributed by atoms with Gasteiger partial charge in [-0.3, -0.25) is 14.2 Å². The van der Waals surface area contributed by atoms with Crippen LogP contribution in [-0.4, -0.2) is 83.6 Å². The Balaban J connectivity index is 1.96. The van der Waals surface area contributed by atoms with Crippen LogP contribution in [0.15, 0.2) is 16.4 Å². The van der Waals surface area contributed by atoms with Crippen molar-refractivity contribution in [1.29, 1.82) is 0 Å². The Kier molecular flexibility index (Phi) is 5.25. The number of nitrogens with one attached hydrogen (secondary N) is 1. The number of hydrogen-bond acceptors (Lipinski definition) is 10. The second-order valence-electron chi connectivity index (χ2n) is 5.49. The molecular formula is C11H14N6O6S3. The molecule has 0 aliphatic carbocycles. The highest BCUT2D eigenvalue weighted by Crippen LogP contribution is 2.43. The van der Waals surface area contributed by atoms with E-state index in [0.717, 1.165) is 16.7 Å². The number of aromatic nitrogens is 4. The number of nitrogens with zero attached hydrogens (tertiary/aromatic N) is 4. The molecule has 2 aliphatic heterocycles. The minimum atomic E-state index is -4.26. The summed E-state index contributed by atoms with van der Waals surface area (Å²) >= 11 is 2.30. The maximum Gasteiger partial charge on any atom is 0.352 e. The van der Waals surface area contributed by atoms with E-state index in [9.17, 15) is 23.1 Å². The number of aliphatic carboxylic acids is 1. The van der Waals surface area contributed by atoms with E-state index in [1.807, 2.05) is 0 Å². The highest BCUT2D eigenvalue weighted by Gasteiger charge is 2.52. The Bertz CT molecular complexity index is 856. The van der Waals surface area contributed by atoms with Crippen LogP contribution in [0.25, 0.3) is 0 Å². The number of aromatic amines is 1. The van der Waals surface area contributed by atoms with Crippen LogP contribution in [0.4, 0.5) is 0 Å². The Morgan fingerprint density at radius 1 is 1.54 bits per heavy atom. The number of carbonyl (C=O) groups is 2. The molecule has 2 unspecified atom stereocenters. The molecule has 26 heavy (non-hydrogen) atoms. The lowest BCUT2D eigenvalue weighted by Crippen LogP contribution is -2.68. The predicted molar refractivity (Wildman–Crippen MR) is 90.6 cm³/mol. The Morgan fingerprint density at radius 3 is 2.85 bits per heavy atom. The Hall–Kier alpha value is -1.68. The second-order valence-corrected chi connectivity index (χ2v) is 9.34. The molecule has 1 amide bonds. The number of H-pyrrole nitrogens is 1. The van der Waals surface area contributed by atoms with Crippen LogP contribution in [0.5, 0.6) is 0 Å². The maximum atomic E-state index is 12.0. The van der Waals surface area contributed by atoms with Gasteiger partial charge in [0.25, 0.3) is 10.1 Å². The lowest BCUT2D eigenvalue weighted by atomic mass is 10.0. The van der Waals surface area contributed by atoms with E-state index in [4.69, 9.17) is 10.3 Å². The lowest BCUT2D eigenvalue weighted by molar-refractivity contribution is -0.148. The van der Waals surface area contributed by atoms with Crippen LogP contribution in [0.2, 0.25) is 0 Å².